The first-order valence-corrected chi connectivity index (χ1v) is 7.97. The zero-order valence-electron chi connectivity index (χ0n) is 11.2. The van der Waals surface area contributed by atoms with Crippen LogP contribution in [0.15, 0.2) is 0 Å². The zero-order valence-corrected chi connectivity index (χ0v) is 12.1. The molecule has 2 nitrogen and oxygen atoms in total. The highest BCUT2D eigenvalue weighted by atomic mass is 32.1. The molecule has 1 saturated heterocycles. The van der Waals surface area contributed by atoms with Gasteiger partial charge in [-0.3, -0.25) is 0 Å². The fraction of sp³-hybridized carbons (Fsp3) is 1.00. The van der Waals surface area contributed by atoms with E-state index in [0.29, 0.717) is 0 Å². The van der Waals surface area contributed by atoms with Crippen molar-refractivity contribution >= 4 is 12.6 Å². The van der Waals surface area contributed by atoms with Crippen molar-refractivity contribution in [3.8, 4) is 0 Å². The van der Waals surface area contributed by atoms with Crippen molar-refractivity contribution in [3.05, 3.63) is 0 Å². The van der Waals surface area contributed by atoms with Crippen LogP contribution in [-0.2, 0) is 4.74 Å². The standard InChI is InChI=1S/C14H29NOS/c17-14-7-5-3-1-2-4-6-9-15-10-8-12-16-13-11-15/h17H,1-14H2. The molecule has 0 aromatic rings. The summed E-state index contributed by atoms with van der Waals surface area (Å²) in [6.07, 6.45) is 10.9. The molecule has 0 N–H and O–H groups in total. The van der Waals surface area contributed by atoms with Crippen LogP contribution < -0.4 is 0 Å². The van der Waals surface area contributed by atoms with Crippen LogP contribution in [0.1, 0.15) is 51.4 Å². The molecule has 1 aliphatic rings. The van der Waals surface area contributed by atoms with Crippen LogP contribution in [0, 0.1) is 0 Å². The number of hydrogen-bond donors (Lipinski definition) is 1. The maximum absolute atomic E-state index is 5.46. The lowest BCUT2D eigenvalue weighted by atomic mass is 10.1. The molecular formula is C14H29NOS. The van der Waals surface area contributed by atoms with Crippen molar-refractivity contribution in [3.63, 3.8) is 0 Å². The van der Waals surface area contributed by atoms with Gasteiger partial charge in [-0.1, -0.05) is 32.1 Å². The van der Waals surface area contributed by atoms with E-state index >= 15 is 0 Å². The first kappa shape index (κ1) is 15.3. The fourth-order valence-corrected chi connectivity index (χ4v) is 2.58. The molecule has 1 aliphatic heterocycles. The molecule has 0 unspecified atom stereocenters. The minimum Gasteiger partial charge on any atom is -0.380 e. The van der Waals surface area contributed by atoms with E-state index in [1.807, 2.05) is 0 Å². The summed E-state index contributed by atoms with van der Waals surface area (Å²) in [6, 6.07) is 0. The van der Waals surface area contributed by atoms with E-state index in [-0.39, 0.29) is 0 Å². The second-order valence-electron chi connectivity index (χ2n) is 5.01. The lowest BCUT2D eigenvalue weighted by Gasteiger charge is -2.18. The van der Waals surface area contributed by atoms with Crippen LogP contribution in [0.25, 0.3) is 0 Å². The highest BCUT2D eigenvalue weighted by molar-refractivity contribution is 7.80. The van der Waals surface area contributed by atoms with Gasteiger partial charge in [0.2, 0.25) is 0 Å². The van der Waals surface area contributed by atoms with Gasteiger partial charge in [0, 0.05) is 19.7 Å². The van der Waals surface area contributed by atoms with Crippen molar-refractivity contribution in [1.82, 2.24) is 4.90 Å². The molecule has 0 saturated carbocycles. The first-order chi connectivity index (χ1) is 8.43. The molecule has 0 bridgehead atoms. The van der Waals surface area contributed by atoms with Gasteiger partial charge in [-0.15, -0.1) is 0 Å². The fourth-order valence-electron chi connectivity index (χ4n) is 2.35. The second-order valence-corrected chi connectivity index (χ2v) is 5.45. The van der Waals surface area contributed by atoms with Crippen molar-refractivity contribution in [1.29, 1.82) is 0 Å². The lowest BCUT2D eigenvalue weighted by molar-refractivity contribution is 0.141. The number of hydrogen-bond acceptors (Lipinski definition) is 3. The molecule has 0 aliphatic carbocycles. The number of nitrogens with zero attached hydrogens (tertiary/aromatic N) is 1. The third kappa shape index (κ3) is 8.92. The van der Waals surface area contributed by atoms with Crippen LogP contribution in [0.3, 0.4) is 0 Å². The summed E-state index contributed by atoms with van der Waals surface area (Å²) in [6.45, 7) is 5.55. The van der Waals surface area contributed by atoms with Crippen molar-refractivity contribution in [2.24, 2.45) is 0 Å². The Morgan fingerprint density at radius 1 is 0.824 bits per heavy atom. The number of rotatable bonds is 9. The summed E-state index contributed by atoms with van der Waals surface area (Å²) in [7, 11) is 0. The van der Waals surface area contributed by atoms with E-state index in [2.05, 4.69) is 17.5 Å². The van der Waals surface area contributed by atoms with Crippen molar-refractivity contribution in [2.75, 3.05) is 38.6 Å². The normalized spacial score (nSPS) is 18.2. The molecule has 102 valence electrons. The van der Waals surface area contributed by atoms with Crippen LogP contribution in [0.4, 0.5) is 0 Å². The molecular weight excluding hydrogens is 230 g/mol. The van der Waals surface area contributed by atoms with Gasteiger partial charge in [0.1, 0.15) is 0 Å². The van der Waals surface area contributed by atoms with Crippen LogP contribution in [0.2, 0.25) is 0 Å². The molecule has 17 heavy (non-hydrogen) atoms. The highest BCUT2D eigenvalue weighted by Gasteiger charge is 2.07. The number of thiol groups is 1. The largest absolute Gasteiger partial charge is 0.380 e. The summed E-state index contributed by atoms with van der Waals surface area (Å²) in [5.41, 5.74) is 0. The Balaban J connectivity index is 1.82. The van der Waals surface area contributed by atoms with Gasteiger partial charge >= 0.3 is 0 Å². The molecule has 0 amide bonds. The van der Waals surface area contributed by atoms with Crippen molar-refractivity contribution in [2.45, 2.75) is 51.4 Å². The van der Waals surface area contributed by atoms with Gasteiger partial charge in [0.25, 0.3) is 0 Å². The van der Waals surface area contributed by atoms with Crippen LogP contribution in [0.5, 0.6) is 0 Å². The van der Waals surface area contributed by atoms with Crippen molar-refractivity contribution < 1.29 is 4.74 Å². The molecule has 0 aromatic carbocycles. The number of unbranched alkanes of at least 4 members (excludes halogenated alkanes) is 6. The van der Waals surface area contributed by atoms with Crippen LogP contribution in [-0.4, -0.2) is 43.5 Å². The van der Waals surface area contributed by atoms with Gasteiger partial charge in [0.05, 0.1) is 6.61 Å². The van der Waals surface area contributed by atoms with E-state index in [0.717, 1.165) is 25.5 Å². The Kier molecular flexibility index (Phi) is 10.2. The molecule has 0 atom stereocenters. The predicted molar refractivity (Wildman–Crippen MR) is 78.0 cm³/mol. The molecule has 1 fully saturated rings. The SMILES string of the molecule is SCCCCCCCCCN1CCCOCC1. The topological polar surface area (TPSA) is 12.5 Å². The average Bonchev–Trinajstić information content (AvgIpc) is 2.61. The molecule has 0 radical (unpaired) electrons. The number of ether oxygens (including phenoxy) is 1. The second kappa shape index (κ2) is 11.4. The van der Waals surface area contributed by atoms with Gasteiger partial charge < -0.3 is 9.64 Å². The molecule has 0 spiro atoms. The summed E-state index contributed by atoms with van der Waals surface area (Å²) in [5.74, 6) is 1.05. The summed E-state index contributed by atoms with van der Waals surface area (Å²) in [5, 5.41) is 0. The van der Waals surface area contributed by atoms with E-state index in [1.165, 1.54) is 64.5 Å². The summed E-state index contributed by atoms with van der Waals surface area (Å²) < 4.78 is 5.46. The first-order valence-electron chi connectivity index (χ1n) is 7.34. The maximum atomic E-state index is 5.46. The Bertz CT molecular complexity index is 158. The molecule has 1 heterocycles. The van der Waals surface area contributed by atoms with E-state index in [1.54, 1.807) is 0 Å². The maximum Gasteiger partial charge on any atom is 0.0593 e. The Hall–Kier alpha value is 0.270. The minimum absolute atomic E-state index is 0.934. The third-order valence-corrected chi connectivity index (χ3v) is 3.76. The third-order valence-electron chi connectivity index (χ3n) is 3.45. The van der Waals surface area contributed by atoms with Gasteiger partial charge in [-0.05, 0) is 31.6 Å². The van der Waals surface area contributed by atoms with Gasteiger partial charge in [-0.2, -0.15) is 12.6 Å². The molecule has 3 heteroatoms. The highest BCUT2D eigenvalue weighted by Crippen LogP contribution is 2.09. The minimum atomic E-state index is 0.934. The molecule has 1 rings (SSSR count). The quantitative estimate of drug-likeness (QED) is 0.503. The van der Waals surface area contributed by atoms with Gasteiger partial charge in [-0.25, -0.2) is 0 Å². The molecule has 0 aromatic heterocycles. The Morgan fingerprint density at radius 3 is 2.29 bits per heavy atom. The van der Waals surface area contributed by atoms with E-state index < -0.39 is 0 Å². The van der Waals surface area contributed by atoms with E-state index in [4.69, 9.17) is 4.74 Å². The Morgan fingerprint density at radius 2 is 1.53 bits per heavy atom. The Labute approximate surface area is 113 Å². The average molecular weight is 259 g/mol. The van der Waals surface area contributed by atoms with Crippen LogP contribution >= 0.6 is 12.6 Å². The smallest absolute Gasteiger partial charge is 0.0593 e. The zero-order chi connectivity index (χ0) is 12.2. The summed E-state index contributed by atoms with van der Waals surface area (Å²) in [4.78, 5) is 2.56. The van der Waals surface area contributed by atoms with Gasteiger partial charge in [0.15, 0.2) is 0 Å². The predicted octanol–water partition coefficient (Wildman–Crippen LogP) is 3.37. The van der Waals surface area contributed by atoms with E-state index in [9.17, 15) is 0 Å². The summed E-state index contributed by atoms with van der Waals surface area (Å²) >= 11 is 4.23. The lowest BCUT2D eigenvalue weighted by Crippen LogP contribution is -2.27. The monoisotopic (exact) mass is 259 g/mol.